The summed E-state index contributed by atoms with van der Waals surface area (Å²) in [6.45, 7) is 3.99. The first kappa shape index (κ1) is 17.4. The van der Waals surface area contributed by atoms with E-state index in [1.54, 1.807) is 19.1 Å². The molecule has 0 spiro atoms. The second-order valence-electron chi connectivity index (χ2n) is 5.60. The minimum Gasteiger partial charge on any atom is -0.462 e. The minimum absolute atomic E-state index is 0.324. The molecule has 0 aliphatic rings. The van der Waals surface area contributed by atoms with Crippen molar-refractivity contribution in [3.63, 3.8) is 0 Å². The van der Waals surface area contributed by atoms with Gasteiger partial charge in [-0.25, -0.2) is 9.78 Å². The van der Waals surface area contributed by atoms with Crippen molar-refractivity contribution in [3.05, 3.63) is 71.9 Å². The van der Waals surface area contributed by atoms with Crippen molar-refractivity contribution in [3.8, 4) is 0 Å². The van der Waals surface area contributed by atoms with Gasteiger partial charge in [0.25, 0.3) is 0 Å². The van der Waals surface area contributed by atoms with Crippen LogP contribution in [-0.4, -0.2) is 22.5 Å². The quantitative estimate of drug-likeness (QED) is 0.641. The normalized spacial score (nSPS) is 10.2. The molecule has 0 atom stereocenters. The molecule has 0 aliphatic carbocycles. The number of hydrogen-bond acceptors (Lipinski definition) is 6. The summed E-state index contributed by atoms with van der Waals surface area (Å²) in [5.74, 6) is 0.698. The molecule has 0 saturated carbocycles. The number of aryl methyl sites for hydroxylation is 1. The van der Waals surface area contributed by atoms with Crippen molar-refractivity contribution in [1.82, 2.24) is 9.97 Å². The summed E-state index contributed by atoms with van der Waals surface area (Å²) >= 11 is 0. The number of ether oxygens (including phenoxy) is 1. The Kier molecular flexibility index (Phi) is 5.43. The molecule has 0 unspecified atom stereocenters. The van der Waals surface area contributed by atoms with E-state index >= 15 is 0 Å². The molecule has 0 aliphatic heterocycles. The van der Waals surface area contributed by atoms with Crippen LogP contribution in [0.15, 0.2) is 60.7 Å². The number of nitrogens with one attached hydrogen (secondary N) is 2. The molecule has 3 aromatic rings. The molecule has 1 heterocycles. The van der Waals surface area contributed by atoms with Gasteiger partial charge in [-0.05, 0) is 38.1 Å². The highest BCUT2D eigenvalue weighted by Crippen LogP contribution is 2.22. The topological polar surface area (TPSA) is 76.1 Å². The van der Waals surface area contributed by atoms with E-state index < -0.39 is 0 Å². The fourth-order valence-electron chi connectivity index (χ4n) is 2.46. The number of rotatable bonds is 6. The minimum atomic E-state index is -0.371. The predicted molar refractivity (Wildman–Crippen MR) is 102 cm³/mol. The van der Waals surface area contributed by atoms with E-state index in [2.05, 4.69) is 20.6 Å². The van der Waals surface area contributed by atoms with E-state index in [-0.39, 0.29) is 5.97 Å². The summed E-state index contributed by atoms with van der Waals surface area (Å²) in [4.78, 5) is 21.0. The number of carbonyl (C=O) groups is 1. The van der Waals surface area contributed by atoms with Gasteiger partial charge < -0.3 is 15.4 Å². The van der Waals surface area contributed by atoms with Gasteiger partial charge in [-0.15, -0.1) is 0 Å². The maximum Gasteiger partial charge on any atom is 0.340 e. The molecule has 2 aromatic carbocycles. The Labute approximate surface area is 152 Å². The number of hydrogen-bond donors (Lipinski definition) is 2. The maximum atomic E-state index is 12.1. The second kappa shape index (κ2) is 8.11. The largest absolute Gasteiger partial charge is 0.462 e. The van der Waals surface area contributed by atoms with Crippen LogP contribution in [0.2, 0.25) is 0 Å². The molecule has 0 radical (unpaired) electrons. The Morgan fingerprint density at radius 1 is 1.00 bits per heavy atom. The first-order valence-electron chi connectivity index (χ1n) is 8.36. The SMILES string of the molecule is CCOC(=O)c1ccccc1Nc1cc(C)nc(Nc2ccccc2)n1. The van der Waals surface area contributed by atoms with Crippen LogP contribution in [-0.2, 0) is 4.74 Å². The standard InChI is InChI=1S/C20H20N4O2/c1-3-26-19(25)16-11-7-8-12-17(16)23-18-13-14(2)21-20(24-18)22-15-9-5-4-6-10-15/h4-13H,3H2,1-2H3,(H2,21,22,23,24). The van der Waals surface area contributed by atoms with E-state index in [1.165, 1.54) is 0 Å². The highest BCUT2D eigenvalue weighted by Gasteiger charge is 2.13. The third-order valence-electron chi connectivity index (χ3n) is 3.57. The van der Waals surface area contributed by atoms with Gasteiger partial charge in [-0.3, -0.25) is 0 Å². The third kappa shape index (κ3) is 4.36. The van der Waals surface area contributed by atoms with Crippen LogP contribution in [0, 0.1) is 6.92 Å². The zero-order chi connectivity index (χ0) is 18.4. The summed E-state index contributed by atoms with van der Waals surface area (Å²) in [6, 6.07) is 18.7. The van der Waals surface area contributed by atoms with E-state index in [9.17, 15) is 4.79 Å². The summed E-state index contributed by atoms with van der Waals surface area (Å²) in [5, 5.41) is 6.36. The zero-order valence-corrected chi connectivity index (χ0v) is 14.7. The number of carbonyl (C=O) groups excluding carboxylic acids is 1. The molecule has 3 rings (SSSR count). The maximum absolute atomic E-state index is 12.1. The van der Waals surface area contributed by atoms with Crippen molar-refractivity contribution < 1.29 is 9.53 Å². The highest BCUT2D eigenvalue weighted by atomic mass is 16.5. The summed E-state index contributed by atoms with van der Waals surface area (Å²) in [6.07, 6.45) is 0. The van der Waals surface area contributed by atoms with Crippen LogP contribution in [0.1, 0.15) is 23.0 Å². The van der Waals surface area contributed by atoms with Crippen molar-refractivity contribution in [2.75, 3.05) is 17.2 Å². The number of benzene rings is 2. The van der Waals surface area contributed by atoms with Crippen molar-refractivity contribution in [2.45, 2.75) is 13.8 Å². The Morgan fingerprint density at radius 2 is 1.73 bits per heavy atom. The molecule has 1 aromatic heterocycles. The van der Waals surface area contributed by atoms with Gasteiger partial charge in [0.1, 0.15) is 5.82 Å². The zero-order valence-electron chi connectivity index (χ0n) is 14.7. The van der Waals surface area contributed by atoms with Crippen molar-refractivity contribution in [1.29, 1.82) is 0 Å². The fraction of sp³-hybridized carbons (Fsp3) is 0.150. The first-order chi connectivity index (χ1) is 12.7. The van der Waals surface area contributed by atoms with Gasteiger partial charge in [0.2, 0.25) is 5.95 Å². The average molecular weight is 348 g/mol. The lowest BCUT2D eigenvalue weighted by atomic mass is 10.2. The summed E-state index contributed by atoms with van der Waals surface area (Å²) in [7, 11) is 0. The number of esters is 1. The lowest BCUT2D eigenvalue weighted by Crippen LogP contribution is -2.09. The Bertz CT molecular complexity index is 897. The summed E-state index contributed by atoms with van der Waals surface area (Å²) in [5.41, 5.74) is 2.79. The van der Waals surface area contributed by atoms with Gasteiger partial charge in [0.15, 0.2) is 0 Å². The molecular weight excluding hydrogens is 328 g/mol. The average Bonchev–Trinajstić information content (AvgIpc) is 2.63. The molecule has 2 N–H and O–H groups in total. The van der Waals surface area contributed by atoms with Crippen LogP contribution in [0.4, 0.5) is 23.1 Å². The van der Waals surface area contributed by atoms with Crippen LogP contribution in [0.3, 0.4) is 0 Å². The lowest BCUT2D eigenvalue weighted by molar-refractivity contribution is 0.0527. The number of anilines is 4. The van der Waals surface area contributed by atoms with Crippen LogP contribution in [0.5, 0.6) is 0 Å². The third-order valence-corrected chi connectivity index (χ3v) is 3.57. The van der Waals surface area contributed by atoms with Gasteiger partial charge in [0, 0.05) is 17.4 Å². The van der Waals surface area contributed by atoms with Gasteiger partial charge >= 0.3 is 5.97 Å². The number of nitrogens with zero attached hydrogens (tertiary/aromatic N) is 2. The van der Waals surface area contributed by atoms with E-state index in [0.29, 0.717) is 29.6 Å². The molecule has 0 saturated heterocycles. The highest BCUT2D eigenvalue weighted by molar-refractivity contribution is 5.96. The molecule has 0 bridgehead atoms. The molecule has 0 fully saturated rings. The monoisotopic (exact) mass is 348 g/mol. The predicted octanol–water partition coefficient (Wildman–Crippen LogP) is 4.45. The lowest BCUT2D eigenvalue weighted by Gasteiger charge is -2.12. The van der Waals surface area contributed by atoms with Crippen molar-refractivity contribution in [2.24, 2.45) is 0 Å². The Balaban J connectivity index is 1.86. The van der Waals surface area contributed by atoms with Crippen LogP contribution >= 0.6 is 0 Å². The number of para-hydroxylation sites is 2. The fourth-order valence-corrected chi connectivity index (χ4v) is 2.46. The van der Waals surface area contributed by atoms with Crippen LogP contribution in [0.25, 0.3) is 0 Å². The number of aromatic nitrogens is 2. The van der Waals surface area contributed by atoms with E-state index in [1.807, 2.05) is 55.5 Å². The molecule has 26 heavy (non-hydrogen) atoms. The molecule has 6 heteroatoms. The second-order valence-corrected chi connectivity index (χ2v) is 5.60. The van der Waals surface area contributed by atoms with Gasteiger partial charge in [-0.2, -0.15) is 4.98 Å². The summed E-state index contributed by atoms with van der Waals surface area (Å²) < 4.78 is 5.11. The molecule has 6 nitrogen and oxygen atoms in total. The smallest absolute Gasteiger partial charge is 0.340 e. The van der Waals surface area contributed by atoms with Gasteiger partial charge in [0.05, 0.1) is 17.9 Å². The van der Waals surface area contributed by atoms with Crippen LogP contribution < -0.4 is 10.6 Å². The van der Waals surface area contributed by atoms with E-state index in [0.717, 1.165) is 11.4 Å². The van der Waals surface area contributed by atoms with Gasteiger partial charge in [-0.1, -0.05) is 30.3 Å². The molecular formula is C20H20N4O2. The molecule has 132 valence electrons. The Hall–Kier alpha value is -3.41. The molecule has 0 amide bonds. The van der Waals surface area contributed by atoms with E-state index in [4.69, 9.17) is 4.74 Å². The first-order valence-corrected chi connectivity index (χ1v) is 8.36. The Morgan fingerprint density at radius 3 is 2.50 bits per heavy atom. The van der Waals surface area contributed by atoms with Crippen molar-refractivity contribution >= 4 is 29.1 Å².